The minimum Gasteiger partial charge on any atom is -0.368 e. The maximum atomic E-state index is 12.1. The van der Waals surface area contributed by atoms with Crippen LogP contribution in [-0.4, -0.2) is 54.0 Å². The second-order valence-electron chi connectivity index (χ2n) is 6.73. The van der Waals surface area contributed by atoms with Gasteiger partial charge in [0.2, 0.25) is 17.8 Å². The van der Waals surface area contributed by atoms with Gasteiger partial charge in [-0.3, -0.25) is 9.59 Å². The number of carbonyl (C=O) groups excluding carboxylic acids is 2. The zero-order chi connectivity index (χ0) is 18.6. The molecule has 4 rings (SSSR count). The number of benzene rings is 1. The largest absolute Gasteiger partial charge is 0.368 e. The lowest BCUT2D eigenvalue weighted by Gasteiger charge is -2.36. The van der Waals surface area contributed by atoms with Crippen LogP contribution >= 0.6 is 0 Å². The van der Waals surface area contributed by atoms with Crippen LogP contribution in [0.25, 0.3) is 0 Å². The summed E-state index contributed by atoms with van der Waals surface area (Å²) in [5.41, 5.74) is 1.77. The maximum absolute atomic E-state index is 12.1. The highest BCUT2D eigenvalue weighted by Gasteiger charge is 2.27. The SMILES string of the molecule is O=C1CC[C@@H](C(=O)Nc2cnc(N3CCN(c4ccccc4)CC3)nc2)N1. The molecule has 2 aromatic rings. The monoisotopic (exact) mass is 366 g/mol. The summed E-state index contributed by atoms with van der Waals surface area (Å²) >= 11 is 0. The van der Waals surface area contributed by atoms with Crippen molar-refractivity contribution in [2.45, 2.75) is 18.9 Å². The molecular formula is C19H22N6O2. The van der Waals surface area contributed by atoms with Crippen molar-refractivity contribution >= 4 is 29.1 Å². The molecule has 1 atom stereocenters. The van der Waals surface area contributed by atoms with Crippen molar-refractivity contribution in [1.29, 1.82) is 0 Å². The first-order chi connectivity index (χ1) is 13.2. The summed E-state index contributed by atoms with van der Waals surface area (Å²) in [5, 5.41) is 5.41. The molecule has 27 heavy (non-hydrogen) atoms. The van der Waals surface area contributed by atoms with E-state index in [0.717, 1.165) is 26.2 Å². The fourth-order valence-corrected chi connectivity index (χ4v) is 3.39. The van der Waals surface area contributed by atoms with Gasteiger partial charge in [-0.25, -0.2) is 9.97 Å². The second kappa shape index (κ2) is 7.61. The molecule has 0 aliphatic carbocycles. The van der Waals surface area contributed by atoms with Crippen molar-refractivity contribution < 1.29 is 9.59 Å². The number of para-hydroxylation sites is 1. The standard InChI is InChI=1S/C19H22N6O2/c26-17-7-6-16(23-17)18(27)22-14-12-20-19(21-13-14)25-10-8-24(9-11-25)15-4-2-1-3-5-15/h1-5,12-13,16H,6-11H2,(H,22,27)(H,23,26)/t16-/m0/s1. The number of anilines is 3. The van der Waals surface area contributed by atoms with Crippen molar-refractivity contribution in [1.82, 2.24) is 15.3 Å². The highest BCUT2D eigenvalue weighted by Crippen LogP contribution is 2.18. The number of nitrogens with one attached hydrogen (secondary N) is 2. The van der Waals surface area contributed by atoms with Gasteiger partial charge in [0.1, 0.15) is 6.04 Å². The third-order valence-corrected chi connectivity index (χ3v) is 4.90. The first-order valence-electron chi connectivity index (χ1n) is 9.16. The first-order valence-corrected chi connectivity index (χ1v) is 9.16. The zero-order valence-electron chi connectivity index (χ0n) is 15.0. The molecule has 0 radical (unpaired) electrons. The van der Waals surface area contributed by atoms with E-state index in [0.29, 0.717) is 24.5 Å². The number of aromatic nitrogens is 2. The van der Waals surface area contributed by atoms with E-state index >= 15 is 0 Å². The first kappa shape index (κ1) is 17.3. The van der Waals surface area contributed by atoms with Crippen LogP contribution in [0.5, 0.6) is 0 Å². The number of amides is 2. The zero-order valence-corrected chi connectivity index (χ0v) is 15.0. The number of nitrogens with zero attached hydrogens (tertiary/aromatic N) is 4. The number of hydrogen-bond acceptors (Lipinski definition) is 6. The quantitative estimate of drug-likeness (QED) is 0.840. The predicted molar refractivity (Wildman–Crippen MR) is 103 cm³/mol. The Morgan fingerprint density at radius 2 is 1.70 bits per heavy atom. The molecule has 2 saturated heterocycles. The summed E-state index contributed by atoms with van der Waals surface area (Å²) in [4.78, 5) is 36.6. The Hall–Kier alpha value is -3.16. The summed E-state index contributed by atoms with van der Waals surface area (Å²) in [6.45, 7) is 3.50. The normalized spacial score (nSPS) is 19.7. The maximum Gasteiger partial charge on any atom is 0.247 e. The topological polar surface area (TPSA) is 90.5 Å². The Morgan fingerprint density at radius 3 is 2.33 bits per heavy atom. The van der Waals surface area contributed by atoms with Gasteiger partial charge >= 0.3 is 0 Å². The average Bonchev–Trinajstić information content (AvgIpc) is 3.16. The minimum absolute atomic E-state index is 0.0867. The van der Waals surface area contributed by atoms with Crippen LogP contribution in [0.3, 0.4) is 0 Å². The molecule has 8 nitrogen and oxygen atoms in total. The smallest absolute Gasteiger partial charge is 0.247 e. The van der Waals surface area contributed by atoms with E-state index in [1.807, 2.05) is 6.07 Å². The molecule has 0 unspecified atom stereocenters. The third-order valence-electron chi connectivity index (χ3n) is 4.90. The van der Waals surface area contributed by atoms with Crippen LogP contribution in [0, 0.1) is 0 Å². The van der Waals surface area contributed by atoms with Crippen molar-refractivity contribution in [3.63, 3.8) is 0 Å². The Bertz CT molecular complexity index is 803. The molecule has 3 heterocycles. The fourth-order valence-electron chi connectivity index (χ4n) is 3.39. The summed E-state index contributed by atoms with van der Waals surface area (Å²) in [6, 6.07) is 9.90. The number of hydrogen-bond donors (Lipinski definition) is 2. The lowest BCUT2D eigenvalue weighted by atomic mass is 10.2. The van der Waals surface area contributed by atoms with Gasteiger partial charge in [0, 0.05) is 38.3 Å². The van der Waals surface area contributed by atoms with Gasteiger partial charge in [-0.15, -0.1) is 0 Å². The van der Waals surface area contributed by atoms with Gasteiger partial charge in [-0.05, 0) is 18.6 Å². The molecule has 0 bridgehead atoms. The van der Waals surface area contributed by atoms with E-state index in [2.05, 4.69) is 54.7 Å². The van der Waals surface area contributed by atoms with Crippen molar-refractivity contribution in [2.75, 3.05) is 41.3 Å². The van der Waals surface area contributed by atoms with Gasteiger partial charge in [0.15, 0.2) is 0 Å². The Kier molecular flexibility index (Phi) is 4.86. The van der Waals surface area contributed by atoms with Gasteiger partial charge in [-0.2, -0.15) is 0 Å². The summed E-state index contributed by atoms with van der Waals surface area (Å²) in [7, 11) is 0. The van der Waals surface area contributed by atoms with Crippen LogP contribution in [-0.2, 0) is 9.59 Å². The van der Waals surface area contributed by atoms with E-state index in [1.54, 1.807) is 12.4 Å². The van der Waals surface area contributed by atoms with Crippen LogP contribution in [0.1, 0.15) is 12.8 Å². The summed E-state index contributed by atoms with van der Waals surface area (Å²) in [6.07, 6.45) is 4.14. The van der Waals surface area contributed by atoms with Crippen LogP contribution in [0.4, 0.5) is 17.3 Å². The number of carbonyl (C=O) groups is 2. The van der Waals surface area contributed by atoms with E-state index in [4.69, 9.17) is 0 Å². The molecule has 8 heteroatoms. The Balaban J connectivity index is 1.32. The molecule has 2 amide bonds. The third kappa shape index (κ3) is 3.99. The molecule has 2 fully saturated rings. The van der Waals surface area contributed by atoms with Crippen LogP contribution < -0.4 is 20.4 Å². The van der Waals surface area contributed by atoms with Gasteiger partial charge < -0.3 is 20.4 Å². The molecule has 2 aliphatic rings. The molecule has 140 valence electrons. The molecule has 0 saturated carbocycles. The second-order valence-corrected chi connectivity index (χ2v) is 6.73. The molecule has 2 N–H and O–H groups in total. The van der Waals surface area contributed by atoms with Crippen molar-refractivity contribution in [3.8, 4) is 0 Å². The van der Waals surface area contributed by atoms with E-state index in [-0.39, 0.29) is 11.8 Å². The molecular weight excluding hydrogens is 344 g/mol. The lowest BCUT2D eigenvalue weighted by molar-refractivity contribution is -0.122. The molecule has 1 aromatic carbocycles. The predicted octanol–water partition coefficient (Wildman–Crippen LogP) is 1.02. The minimum atomic E-state index is -0.469. The highest BCUT2D eigenvalue weighted by molar-refractivity contribution is 5.98. The molecule has 1 aromatic heterocycles. The summed E-state index contributed by atoms with van der Waals surface area (Å²) < 4.78 is 0. The number of piperazine rings is 1. The van der Waals surface area contributed by atoms with Gasteiger partial charge in [0.25, 0.3) is 0 Å². The molecule has 2 aliphatic heterocycles. The average molecular weight is 366 g/mol. The van der Waals surface area contributed by atoms with Gasteiger partial charge in [0.05, 0.1) is 18.1 Å². The van der Waals surface area contributed by atoms with Crippen LogP contribution in [0.15, 0.2) is 42.7 Å². The number of rotatable bonds is 4. The Labute approximate surface area is 157 Å². The van der Waals surface area contributed by atoms with Crippen molar-refractivity contribution in [3.05, 3.63) is 42.7 Å². The lowest BCUT2D eigenvalue weighted by Crippen LogP contribution is -2.47. The molecule has 0 spiro atoms. The van der Waals surface area contributed by atoms with E-state index in [9.17, 15) is 9.59 Å². The van der Waals surface area contributed by atoms with E-state index in [1.165, 1.54) is 5.69 Å². The Morgan fingerprint density at radius 1 is 1.04 bits per heavy atom. The summed E-state index contributed by atoms with van der Waals surface area (Å²) in [5.74, 6) is 0.347. The van der Waals surface area contributed by atoms with Crippen LogP contribution in [0.2, 0.25) is 0 Å². The van der Waals surface area contributed by atoms with E-state index < -0.39 is 6.04 Å². The highest BCUT2D eigenvalue weighted by atomic mass is 16.2. The van der Waals surface area contributed by atoms with Crippen molar-refractivity contribution in [2.24, 2.45) is 0 Å². The van der Waals surface area contributed by atoms with Gasteiger partial charge in [-0.1, -0.05) is 18.2 Å². The fraction of sp³-hybridized carbons (Fsp3) is 0.368.